The van der Waals surface area contributed by atoms with Crippen molar-refractivity contribution in [1.82, 2.24) is 20.2 Å². The number of carbonyl (C=O) groups excluding carboxylic acids is 1. The minimum Gasteiger partial charge on any atom is -0.465 e. The van der Waals surface area contributed by atoms with Gasteiger partial charge in [0.15, 0.2) is 5.82 Å². The van der Waals surface area contributed by atoms with Gasteiger partial charge < -0.3 is 9.64 Å². The van der Waals surface area contributed by atoms with Crippen molar-refractivity contribution in [3.63, 3.8) is 0 Å². The topological polar surface area (TPSA) is 73.1 Å². The summed E-state index contributed by atoms with van der Waals surface area (Å²) in [5, 5.41) is 11.7. The third-order valence-corrected chi connectivity index (χ3v) is 3.14. The van der Waals surface area contributed by atoms with Gasteiger partial charge in [0.1, 0.15) is 0 Å². The van der Waals surface area contributed by atoms with E-state index in [0.717, 1.165) is 24.5 Å². The molecule has 1 aromatic carbocycles. The Labute approximate surface area is 123 Å². The number of carbonyl (C=O) groups is 1. The number of benzene rings is 1. The summed E-state index contributed by atoms with van der Waals surface area (Å²) in [7, 11) is 3.27. The molecule has 7 heteroatoms. The second-order valence-corrected chi connectivity index (χ2v) is 4.68. The van der Waals surface area contributed by atoms with E-state index >= 15 is 0 Å². The molecule has 112 valence electrons. The predicted octanol–water partition coefficient (Wildman–Crippen LogP) is 1.51. The highest BCUT2D eigenvalue weighted by Gasteiger charge is 2.16. The summed E-state index contributed by atoms with van der Waals surface area (Å²) in [6, 6.07) is 7.31. The van der Waals surface area contributed by atoms with Gasteiger partial charge in [-0.1, -0.05) is 19.1 Å². The lowest BCUT2D eigenvalue weighted by Crippen LogP contribution is -2.22. The van der Waals surface area contributed by atoms with Crippen LogP contribution in [-0.4, -0.2) is 40.3 Å². The number of para-hydroxylation sites is 1. The van der Waals surface area contributed by atoms with Gasteiger partial charge in [-0.15, -0.1) is 5.10 Å². The summed E-state index contributed by atoms with van der Waals surface area (Å²) in [5.74, 6) is 0.407. The number of aryl methyl sites for hydroxylation is 1. The van der Waals surface area contributed by atoms with Crippen LogP contribution in [0.25, 0.3) is 0 Å². The lowest BCUT2D eigenvalue weighted by molar-refractivity contribution is 0.0601. The first-order valence-corrected chi connectivity index (χ1v) is 6.80. The molecule has 21 heavy (non-hydrogen) atoms. The molecule has 0 aliphatic rings. The fraction of sp³-hybridized carbons (Fsp3) is 0.429. The highest BCUT2D eigenvalue weighted by atomic mass is 16.5. The molecule has 0 aliphatic heterocycles. The SMILES string of the molecule is CCCn1nnnc1CN(C)c1ccccc1C(=O)OC. The predicted molar refractivity (Wildman–Crippen MR) is 78.0 cm³/mol. The second kappa shape index (κ2) is 6.83. The molecule has 0 saturated carbocycles. The number of rotatable bonds is 6. The van der Waals surface area contributed by atoms with Crippen molar-refractivity contribution >= 4 is 11.7 Å². The maximum Gasteiger partial charge on any atom is 0.339 e. The van der Waals surface area contributed by atoms with Crippen LogP contribution in [0.5, 0.6) is 0 Å². The number of tetrazole rings is 1. The average Bonchev–Trinajstić information content (AvgIpc) is 2.94. The normalized spacial score (nSPS) is 10.4. The van der Waals surface area contributed by atoms with E-state index in [4.69, 9.17) is 4.74 Å². The van der Waals surface area contributed by atoms with Gasteiger partial charge >= 0.3 is 5.97 Å². The summed E-state index contributed by atoms with van der Waals surface area (Å²) >= 11 is 0. The van der Waals surface area contributed by atoms with Gasteiger partial charge in [-0.05, 0) is 29.0 Å². The molecule has 0 N–H and O–H groups in total. The molecule has 0 saturated heterocycles. The van der Waals surface area contributed by atoms with Crippen LogP contribution in [0, 0.1) is 0 Å². The molecular weight excluding hydrogens is 270 g/mol. The molecule has 1 heterocycles. The largest absolute Gasteiger partial charge is 0.465 e. The Morgan fingerprint density at radius 3 is 2.86 bits per heavy atom. The summed E-state index contributed by atoms with van der Waals surface area (Å²) < 4.78 is 6.59. The zero-order chi connectivity index (χ0) is 15.2. The van der Waals surface area contributed by atoms with E-state index in [0.29, 0.717) is 12.1 Å². The van der Waals surface area contributed by atoms with Crippen molar-refractivity contribution < 1.29 is 9.53 Å². The fourth-order valence-corrected chi connectivity index (χ4v) is 2.11. The molecule has 2 aromatic rings. The first-order chi connectivity index (χ1) is 10.2. The Balaban J connectivity index is 2.22. The van der Waals surface area contributed by atoms with Crippen molar-refractivity contribution in [2.45, 2.75) is 26.4 Å². The minimum atomic E-state index is -0.356. The lowest BCUT2D eigenvalue weighted by Gasteiger charge is -2.21. The molecule has 0 unspecified atom stereocenters. The maximum atomic E-state index is 11.8. The Bertz CT molecular complexity index is 611. The van der Waals surface area contributed by atoms with E-state index in [2.05, 4.69) is 22.4 Å². The van der Waals surface area contributed by atoms with Gasteiger partial charge in [0.05, 0.1) is 24.9 Å². The Hall–Kier alpha value is -2.44. The van der Waals surface area contributed by atoms with Crippen molar-refractivity contribution in [3.05, 3.63) is 35.7 Å². The van der Waals surface area contributed by atoms with Gasteiger partial charge in [0.2, 0.25) is 0 Å². The molecule has 2 rings (SSSR count). The maximum absolute atomic E-state index is 11.8. The second-order valence-electron chi connectivity index (χ2n) is 4.68. The minimum absolute atomic E-state index is 0.356. The Kier molecular flexibility index (Phi) is 4.86. The van der Waals surface area contributed by atoms with Crippen LogP contribution in [0.4, 0.5) is 5.69 Å². The van der Waals surface area contributed by atoms with Crippen LogP contribution < -0.4 is 4.90 Å². The molecule has 7 nitrogen and oxygen atoms in total. The van der Waals surface area contributed by atoms with Gasteiger partial charge in [-0.2, -0.15) is 0 Å². The van der Waals surface area contributed by atoms with E-state index in [1.54, 1.807) is 10.7 Å². The summed E-state index contributed by atoms with van der Waals surface area (Å²) in [6.07, 6.45) is 0.959. The van der Waals surface area contributed by atoms with Crippen LogP contribution in [0.3, 0.4) is 0 Å². The summed E-state index contributed by atoms with van der Waals surface area (Å²) in [4.78, 5) is 13.8. The monoisotopic (exact) mass is 289 g/mol. The average molecular weight is 289 g/mol. The number of ether oxygens (including phenoxy) is 1. The number of nitrogens with zero attached hydrogens (tertiary/aromatic N) is 5. The number of methoxy groups -OCH3 is 1. The van der Waals surface area contributed by atoms with Crippen LogP contribution in [0.2, 0.25) is 0 Å². The summed E-state index contributed by atoms with van der Waals surface area (Å²) in [6.45, 7) is 3.36. The zero-order valence-electron chi connectivity index (χ0n) is 12.5. The molecule has 0 bridgehead atoms. The highest BCUT2D eigenvalue weighted by Crippen LogP contribution is 2.21. The fourth-order valence-electron chi connectivity index (χ4n) is 2.11. The van der Waals surface area contributed by atoms with Crippen molar-refractivity contribution in [3.8, 4) is 0 Å². The van der Waals surface area contributed by atoms with E-state index in [1.165, 1.54) is 7.11 Å². The molecular formula is C14H19N5O2. The smallest absolute Gasteiger partial charge is 0.339 e. The van der Waals surface area contributed by atoms with Crippen molar-refractivity contribution in [1.29, 1.82) is 0 Å². The molecule has 0 fully saturated rings. The van der Waals surface area contributed by atoms with Gasteiger partial charge in [0, 0.05) is 13.6 Å². The third kappa shape index (κ3) is 3.36. The molecule has 0 amide bonds. The quantitative estimate of drug-likeness (QED) is 0.750. The standard InChI is InChI=1S/C14H19N5O2/c1-4-9-19-13(15-16-17-19)10-18(2)12-8-6-5-7-11(12)14(20)21-3/h5-8H,4,9-10H2,1-3H3. The van der Waals surface area contributed by atoms with Gasteiger partial charge in [-0.25, -0.2) is 9.48 Å². The molecule has 0 radical (unpaired) electrons. The van der Waals surface area contributed by atoms with Crippen LogP contribution in [-0.2, 0) is 17.8 Å². The van der Waals surface area contributed by atoms with E-state index in [-0.39, 0.29) is 5.97 Å². The van der Waals surface area contributed by atoms with Crippen LogP contribution >= 0.6 is 0 Å². The first-order valence-electron chi connectivity index (χ1n) is 6.80. The molecule has 0 aliphatic carbocycles. The number of hydrogen-bond donors (Lipinski definition) is 0. The zero-order valence-corrected chi connectivity index (χ0v) is 12.5. The van der Waals surface area contributed by atoms with Gasteiger partial charge in [-0.3, -0.25) is 0 Å². The highest BCUT2D eigenvalue weighted by molar-refractivity contribution is 5.95. The van der Waals surface area contributed by atoms with E-state index < -0.39 is 0 Å². The van der Waals surface area contributed by atoms with Crippen LogP contribution in [0.1, 0.15) is 29.5 Å². The molecule has 0 atom stereocenters. The third-order valence-electron chi connectivity index (χ3n) is 3.14. The van der Waals surface area contributed by atoms with Crippen LogP contribution in [0.15, 0.2) is 24.3 Å². The number of aromatic nitrogens is 4. The van der Waals surface area contributed by atoms with Gasteiger partial charge in [0.25, 0.3) is 0 Å². The number of hydrogen-bond acceptors (Lipinski definition) is 6. The van der Waals surface area contributed by atoms with Crippen molar-refractivity contribution in [2.75, 3.05) is 19.1 Å². The number of anilines is 1. The first kappa shape index (κ1) is 15.0. The molecule has 0 spiro atoms. The van der Waals surface area contributed by atoms with E-state index in [1.807, 2.05) is 30.1 Å². The number of esters is 1. The molecule has 1 aromatic heterocycles. The van der Waals surface area contributed by atoms with E-state index in [9.17, 15) is 4.79 Å². The lowest BCUT2D eigenvalue weighted by atomic mass is 10.1. The Morgan fingerprint density at radius 2 is 2.14 bits per heavy atom. The van der Waals surface area contributed by atoms with Crippen molar-refractivity contribution in [2.24, 2.45) is 0 Å². The Morgan fingerprint density at radius 1 is 1.38 bits per heavy atom. The summed E-state index contributed by atoms with van der Waals surface area (Å²) in [5.41, 5.74) is 1.31.